The predicted octanol–water partition coefficient (Wildman–Crippen LogP) is 2.02. The SMILES string of the molecule is C=C(CCC(=O)N1C(=O)OC[C@H]1N)c1ccc(F)cc1F. The zero-order valence-electron chi connectivity index (χ0n) is 11.1. The summed E-state index contributed by atoms with van der Waals surface area (Å²) < 4.78 is 31.0. The highest BCUT2D eigenvalue weighted by atomic mass is 19.1. The van der Waals surface area contributed by atoms with Gasteiger partial charge >= 0.3 is 6.09 Å². The molecule has 2 rings (SSSR count). The van der Waals surface area contributed by atoms with E-state index in [0.717, 1.165) is 17.0 Å². The maximum absolute atomic E-state index is 13.6. The molecule has 1 fully saturated rings. The Morgan fingerprint density at radius 2 is 2.14 bits per heavy atom. The summed E-state index contributed by atoms with van der Waals surface area (Å²) in [5.41, 5.74) is 6.04. The third kappa shape index (κ3) is 3.25. The van der Waals surface area contributed by atoms with E-state index in [1.54, 1.807) is 0 Å². The van der Waals surface area contributed by atoms with Crippen LogP contribution >= 0.6 is 0 Å². The minimum atomic E-state index is -0.805. The van der Waals surface area contributed by atoms with Gasteiger partial charge in [0.1, 0.15) is 24.4 Å². The van der Waals surface area contributed by atoms with Crippen LogP contribution in [0.5, 0.6) is 0 Å². The molecule has 0 spiro atoms. The maximum Gasteiger partial charge on any atom is 0.418 e. The topological polar surface area (TPSA) is 72.6 Å². The fourth-order valence-electron chi connectivity index (χ4n) is 2.01. The number of benzene rings is 1. The molecule has 0 unspecified atom stereocenters. The van der Waals surface area contributed by atoms with Gasteiger partial charge in [-0.3, -0.25) is 4.79 Å². The number of allylic oxidation sites excluding steroid dienone is 1. The molecular weight excluding hydrogens is 282 g/mol. The Morgan fingerprint density at radius 3 is 2.71 bits per heavy atom. The number of rotatable bonds is 4. The fourth-order valence-corrected chi connectivity index (χ4v) is 2.01. The number of cyclic esters (lactones) is 1. The molecule has 0 saturated carbocycles. The van der Waals surface area contributed by atoms with E-state index >= 15 is 0 Å². The van der Waals surface area contributed by atoms with Gasteiger partial charge in [-0.05, 0) is 24.1 Å². The van der Waals surface area contributed by atoms with Gasteiger partial charge in [0.05, 0.1) is 0 Å². The number of hydrogen-bond acceptors (Lipinski definition) is 4. The van der Waals surface area contributed by atoms with Gasteiger partial charge < -0.3 is 10.5 Å². The lowest BCUT2D eigenvalue weighted by Crippen LogP contribution is -2.44. The summed E-state index contributed by atoms with van der Waals surface area (Å²) in [7, 11) is 0. The third-order valence-corrected chi connectivity index (χ3v) is 3.13. The van der Waals surface area contributed by atoms with Crippen molar-refractivity contribution in [3.63, 3.8) is 0 Å². The lowest BCUT2D eigenvalue weighted by molar-refractivity contribution is -0.128. The molecule has 21 heavy (non-hydrogen) atoms. The van der Waals surface area contributed by atoms with Crippen molar-refractivity contribution < 1.29 is 23.1 Å². The first-order chi connectivity index (χ1) is 9.90. The molecule has 5 nitrogen and oxygen atoms in total. The Balaban J connectivity index is 1.98. The van der Waals surface area contributed by atoms with Crippen LogP contribution in [0.3, 0.4) is 0 Å². The summed E-state index contributed by atoms with van der Waals surface area (Å²) >= 11 is 0. The van der Waals surface area contributed by atoms with E-state index in [9.17, 15) is 18.4 Å². The summed E-state index contributed by atoms with van der Waals surface area (Å²) in [5.74, 6) is -1.95. The average Bonchev–Trinajstić information content (AvgIpc) is 2.75. The van der Waals surface area contributed by atoms with Crippen molar-refractivity contribution >= 4 is 17.6 Å². The van der Waals surface area contributed by atoms with Crippen molar-refractivity contribution in [2.75, 3.05) is 6.61 Å². The smallest absolute Gasteiger partial charge is 0.418 e. The van der Waals surface area contributed by atoms with Crippen LogP contribution in [0.15, 0.2) is 24.8 Å². The molecule has 0 aliphatic carbocycles. The van der Waals surface area contributed by atoms with Crippen LogP contribution < -0.4 is 5.73 Å². The van der Waals surface area contributed by atoms with Crippen molar-refractivity contribution in [2.24, 2.45) is 5.73 Å². The molecule has 2 amide bonds. The molecule has 0 aromatic heterocycles. The lowest BCUT2D eigenvalue weighted by Gasteiger charge is -2.16. The van der Waals surface area contributed by atoms with Gasteiger partial charge in [0.15, 0.2) is 0 Å². The van der Waals surface area contributed by atoms with Crippen LogP contribution in [0.25, 0.3) is 5.57 Å². The van der Waals surface area contributed by atoms with E-state index in [1.807, 2.05) is 0 Å². The molecule has 1 aliphatic rings. The minimum Gasteiger partial charge on any atom is -0.445 e. The molecule has 1 aromatic rings. The average molecular weight is 296 g/mol. The summed E-state index contributed by atoms with van der Waals surface area (Å²) in [6.45, 7) is 3.63. The standard InChI is InChI=1S/C14H14F2N2O3/c1-8(10-4-3-9(15)6-11(10)16)2-5-13(19)18-12(17)7-21-14(18)20/h3-4,6,12H,1-2,5,7,17H2/t12-/m0/s1. The number of amides is 2. The van der Waals surface area contributed by atoms with Crippen molar-refractivity contribution in [1.29, 1.82) is 0 Å². The van der Waals surface area contributed by atoms with E-state index < -0.39 is 29.8 Å². The molecule has 2 N–H and O–H groups in total. The third-order valence-electron chi connectivity index (χ3n) is 3.13. The van der Waals surface area contributed by atoms with Gasteiger partial charge in [-0.15, -0.1) is 0 Å². The van der Waals surface area contributed by atoms with Crippen molar-refractivity contribution in [3.8, 4) is 0 Å². The molecule has 112 valence electrons. The Kier molecular flexibility index (Phi) is 4.32. The summed E-state index contributed by atoms with van der Waals surface area (Å²) in [4.78, 5) is 24.0. The van der Waals surface area contributed by atoms with E-state index in [0.29, 0.717) is 5.57 Å². The van der Waals surface area contributed by atoms with Gasteiger partial charge in [-0.25, -0.2) is 18.5 Å². The zero-order valence-corrected chi connectivity index (χ0v) is 11.1. The molecular formula is C14H14F2N2O3. The van der Waals surface area contributed by atoms with E-state index in [1.165, 1.54) is 6.07 Å². The lowest BCUT2D eigenvalue weighted by atomic mass is 10.0. The van der Waals surface area contributed by atoms with Crippen molar-refractivity contribution in [3.05, 3.63) is 42.0 Å². The summed E-state index contributed by atoms with van der Waals surface area (Å²) in [6, 6.07) is 3.11. The van der Waals surface area contributed by atoms with Crippen molar-refractivity contribution in [1.82, 2.24) is 4.90 Å². The highest BCUT2D eigenvalue weighted by Gasteiger charge is 2.35. The van der Waals surface area contributed by atoms with Gasteiger partial charge in [0.2, 0.25) is 5.91 Å². The first-order valence-electron chi connectivity index (χ1n) is 6.27. The van der Waals surface area contributed by atoms with Gasteiger partial charge in [-0.2, -0.15) is 0 Å². The van der Waals surface area contributed by atoms with Crippen molar-refractivity contribution in [2.45, 2.75) is 19.0 Å². The molecule has 1 aromatic carbocycles. The monoisotopic (exact) mass is 296 g/mol. The van der Waals surface area contributed by atoms with Crippen LogP contribution in [0.2, 0.25) is 0 Å². The van der Waals surface area contributed by atoms with E-state index in [-0.39, 0.29) is 25.0 Å². The number of ether oxygens (including phenoxy) is 1. The number of imide groups is 1. The van der Waals surface area contributed by atoms with Crippen LogP contribution in [0.4, 0.5) is 13.6 Å². The van der Waals surface area contributed by atoms with Crippen LogP contribution in [-0.2, 0) is 9.53 Å². The highest BCUT2D eigenvalue weighted by molar-refractivity contribution is 5.94. The quantitative estimate of drug-likeness (QED) is 0.922. The largest absolute Gasteiger partial charge is 0.445 e. The number of carbonyl (C=O) groups excluding carboxylic acids is 2. The normalized spacial score (nSPS) is 17.8. The number of nitrogens with zero attached hydrogens (tertiary/aromatic N) is 1. The molecule has 0 radical (unpaired) electrons. The van der Waals surface area contributed by atoms with Gasteiger partial charge in [-0.1, -0.05) is 6.58 Å². The van der Waals surface area contributed by atoms with Crippen LogP contribution in [0.1, 0.15) is 18.4 Å². The molecule has 1 aliphatic heterocycles. The minimum absolute atomic E-state index is 0.0435. The van der Waals surface area contributed by atoms with Crippen LogP contribution in [0, 0.1) is 11.6 Å². The van der Waals surface area contributed by atoms with E-state index in [2.05, 4.69) is 11.3 Å². The fraction of sp³-hybridized carbons (Fsp3) is 0.286. The Hall–Kier alpha value is -2.28. The molecule has 1 heterocycles. The summed E-state index contributed by atoms with van der Waals surface area (Å²) in [5, 5.41) is 0. The molecule has 1 saturated heterocycles. The Bertz CT molecular complexity index is 604. The zero-order chi connectivity index (χ0) is 15.6. The summed E-state index contributed by atoms with van der Waals surface area (Å²) in [6.07, 6.45) is -1.54. The number of nitrogens with two attached hydrogens (primary N) is 1. The predicted molar refractivity (Wildman–Crippen MR) is 70.8 cm³/mol. The molecule has 7 heteroatoms. The number of halogens is 2. The van der Waals surface area contributed by atoms with Gasteiger partial charge in [0.25, 0.3) is 0 Å². The first kappa shape index (κ1) is 15.1. The number of hydrogen-bond donors (Lipinski definition) is 1. The Morgan fingerprint density at radius 1 is 1.43 bits per heavy atom. The molecule has 1 atom stereocenters. The van der Waals surface area contributed by atoms with Crippen LogP contribution in [-0.4, -0.2) is 29.7 Å². The number of carbonyl (C=O) groups is 2. The second kappa shape index (κ2) is 6.01. The van der Waals surface area contributed by atoms with E-state index in [4.69, 9.17) is 5.73 Å². The van der Waals surface area contributed by atoms with Gasteiger partial charge in [0, 0.05) is 18.1 Å². The maximum atomic E-state index is 13.6. The second-order valence-electron chi connectivity index (χ2n) is 4.64. The first-order valence-corrected chi connectivity index (χ1v) is 6.27. The second-order valence-corrected chi connectivity index (χ2v) is 4.64. The Labute approximate surface area is 120 Å². The highest BCUT2D eigenvalue weighted by Crippen LogP contribution is 2.23. The molecule has 0 bridgehead atoms.